The lowest BCUT2D eigenvalue weighted by Crippen LogP contribution is -3.14. The molecule has 4 rings (SSSR count). The first-order valence-corrected chi connectivity index (χ1v) is 9.82. The average molecular weight is 415 g/mol. The Morgan fingerprint density at radius 3 is 2.55 bits per heavy atom. The molecule has 1 aliphatic rings. The van der Waals surface area contributed by atoms with Crippen LogP contribution in [0.4, 0.5) is 11.4 Å². The molecule has 0 unspecified atom stereocenters. The molecule has 1 N–H and O–H groups in total. The Labute approximate surface area is 172 Å². The highest BCUT2D eigenvalue weighted by Gasteiger charge is 2.29. The minimum absolute atomic E-state index is 0.0314. The molecule has 0 radical (unpaired) electrons. The first-order chi connectivity index (χ1) is 14.0. The van der Waals surface area contributed by atoms with E-state index in [9.17, 15) is 10.1 Å². The lowest BCUT2D eigenvalue weighted by Gasteiger charge is -2.35. The van der Waals surface area contributed by atoms with Crippen LogP contribution in [0.25, 0.3) is 11.5 Å². The molecule has 1 aromatic heterocycles. The molecule has 1 saturated heterocycles. The summed E-state index contributed by atoms with van der Waals surface area (Å²) in [5.74, 6) is 0.947. The molecule has 8 nitrogen and oxygen atoms in total. The van der Waals surface area contributed by atoms with Crippen LogP contribution in [0.5, 0.6) is 0 Å². The summed E-state index contributed by atoms with van der Waals surface area (Å²) in [5.41, 5.74) is 1.84. The number of quaternary nitrogens is 1. The Hall–Kier alpha value is -2.97. The highest BCUT2D eigenvalue weighted by Crippen LogP contribution is 2.23. The maximum absolute atomic E-state index is 10.8. The van der Waals surface area contributed by atoms with Crippen molar-refractivity contribution in [1.82, 2.24) is 10.2 Å². The predicted octanol–water partition coefficient (Wildman–Crippen LogP) is 2.76. The van der Waals surface area contributed by atoms with E-state index >= 15 is 0 Å². The molecule has 1 aliphatic heterocycles. The second-order valence-electron chi connectivity index (χ2n) is 7.10. The summed E-state index contributed by atoms with van der Waals surface area (Å²) >= 11 is 6.11. The van der Waals surface area contributed by atoms with Gasteiger partial charge in [0.05, 0.1) is 31.1 Å². The molecule has 2 aromatic carbocycles. The molecule has 3 aromatic rings. The van der Waals surface area contributed by atoms with Crippen LogP contribution in [-0.2, 0) is 0 Å². The van der Waals surface area contributed by atoms with Gasteiger partial charge in [0.15, 0.2) is 6.04 Å². The van der Waals surface area contributed by atoms with Crippen LogP contribution in [0.15, 0.2) is 52.9 Å². The van der Waals surface area contributed by atoms with Crippen molar-refractivity contribution in [1.29, 1.82) is 0 Å². The Bertz CT molecular complexity index is 999. The van der Waals surface area contributed by atoms with Gasteiger partial charge in [-0.25, -0.2) is 0 Å². The number of piperazine rings is 1. The third-order valence-electron chi connectivity index (χ3n) is 5.33. The van der Waals surface area contributed by atoms with Crippen molar-refractivity contribution in [3.05, 3.63) is 69.6 Å². The smallest absolute Gasteiger partial charge is 0.274 e. The largest absolute Gasteiger partial charge is 0.415 e. The second kappa shape index (κ2) is 8.18. The summed E-state index contributed by atoms with van der Waals surface area (Å²) in [6.45, 7) is 5.82. The van der Waals surface area contributed by atoms with Crippen LogP contribution in [-0.4, -0.2) is 41.3 Å². The number of aromatic nitrogens is 2. The number of anilines is 1. The van der Waals surface area contributed by atoms with Crippen LogP contribution in [0.1, 0.15) is 18.9 Å². The van der Waals surface area contributed by atoms with E-state index in [0.29, 0.717) is 17.3 Å². The molecule has 0 amide bonds. The highest BCUT2D eigenvalue weighted by molar-refractivity contribution is 6.30. The fourth-order valence-corrected chi connectivity index (χ4v) is 3.77. The van der Waals surface area contributed by atoms with Crippen LogP contribution in [0, 0.1) is 10.1 Å². The quantitative estimate of drug-likeness (QED) is 0.510. The van der Waals surface area contributed by atoms with Crippen molar-refractivity contribution in [3.8, 4) is 11.5 Å². The SMILES string of the molecule is C[C@H](c1nnc(-c2ccc([N+](=O)[O-])cc2)o1)[NH+]1CCN(c2cccc(Cl)c2)CC1. The summed E-state index contributed by atoms with van der Waals surface area (Å²) in [5, 5.41) is 19.9. The molecule has 0 spiro atoms. The van der Waals surface area contributed by atoms with Gasteiger partial charge in [0, 0.05) is 28.4 Å². The van der Waals surface area contributed by atoms with Gasteiger partial charge >= 0.3 is 0 Å². The van der Waals surface area contributed by atoms with Gasteiger partial charge in [-0.15, -0.1) is 10.2 Å². The summed E-state index contributed by atoms with van der Waals surface area (Å²) in [4.78, 5) is 14.1. The monoisotopic (exact) mass is 414 g/mol. The third kappa shape index (κ3) is 4.23. The number of rotatable bonds is 5. The Kier molecular flexibility index (Phi) is 5.46. The van der Waals surface area contributed by atoms with Gasteiger partial charge in [0.2, 0.25) is 5.89 Å². The summed E-state index contributed by atoms with van der Waals surface area (Å²) in [6.07, 6.45) is 0. The second-order valence-corrected chi connectivity index (χ2v) is 7.53. The molecule has 0 bridgehead atoms. The van der Waals surface area contributed by atoms with E-state index < -0.39 is 4.92 Å². The Balaban J connectivity index is 1.40. The van der Waals surface area contributed by atoms with Crippen LogP contribution in [0.3, 0.4) is 0 Å². The van der Waals surface area contributed by atoms with Gasteiger partial charge in [-0.05, 0) is 37.3 Å². The van der Waals surface area contributed by atoms with Crippen LogP contribution >= 0.6 is 11.6 Å². The maximum atomic E-state index is 10.8. The number of non-ortho nitro benzene ring substituents is 1. The molecular weight excluding hydrogens is 394 g/mol. The van der Waals surface area contributed by atoms with E-state index in [1.54, 1.807) is 12.1 Å². The molecule has 150 valence electrons. The van der Waals surface area contributed by atoms with E-state index in [0.717, 1.165) is 36.9 Å². The number of hydrogen-bond donors (Lipinski definition) is 1. The zero-order chi connectivity index (χ0) is 20.4. The normalized spacial score (nSPS) is 16.0. The molecule has 29 heavy (non-hydrogen) atoms. The lowest BCUT2D eigenvalue weighted by atomic mass is 10.2. The maximum Gasteiger partial charge on any atom is 0.274 e. The van der Waals surface area contributed by atoms with E-state index in [4.69, 9.17) is 16.0 Å². The molecule has 0 aliphatic carbocycles. The van der Waals surface area contributed by atoms with E-state index in [2.05, 4.69) is 28.1 Å². The summed E-state index contributed by atoms with van der Waals surface area (Å²) in [7, 11) is 0. The molecule has 1 fully saturated rings. The number of hydrogen-bond acceptors (Lipinski definition) is 6. The van der Waals surface area contributed by atoms with Gasteiger partial charge in [0.1, 0.15) is 0 Å². The topological polar surface area (TPSA) is 89.7 Å². The van der Waals surface area contributed by atoms with E-state index in [1.807, 2.05) is 18.2 Å². The molecule has 0 saturated carbocycles. The Morgan fingerprint density at radius 2 is 1.90 bits per heavy atom. The van der Waals surface area contributed by atoms with Crippen molar-refractivity contribution >= 4 is 23.0 Å². The fraction of sp³-hybridized carbons (Fsp3) is 0.300. The van der Waals surface area contributed by atoms with Crippen LogP contribution < -0.4 is 9.80 Å². The zero-order valence-corrected chi connectivity index (χ0v) is 16.7. The zero-order valence-electron chi connectivity index (χ0n) is 15.9. The molecular formula is C20H21ClN5O3+. The van der Waals surface area contributed by atoms with Crippen molar-refractivity contribution in [3.63, 3.8) is 0 Å². The minimum atomic E-state index is -0.433. The standard InChI is InChI=1S/C20H20ClN5O3/c1-14(24-9-11-25(12-10-24)18-4-2-3-16(21)13-18)19-22-23-20(29-19)15-5-7-17(8-6-15)26(27)28/h2-8,13-14H,9-12H2,1H3/p+1/t14-/m1/s1. The van der Waals surface area contributed by atoms with E-state index in [-0.39, 0.29) is 11.7 Å². The summed E-state index contributed by atoms with van der Waals surface area (Å²) in [6, 6.07) is 14.1. The number of nitrogens with zero attached hydrogens (tertiary/aromatic N) is 4. The van der Waals surface area contributed by atoms with Crippen molar-refractivity contribution in [2.45, 2.75) is 13.0 Å². The van der Waals surface area contributed by atoms with Gasteiger partial charge < -0.3 is 14.2 Å². The van der Waals surface area contributed by atoms with Gasteiger partial charge in [0.25, 0.3) is 11.6 Å². The van der Waals surface area contributed by atoms with Crippen molar-refractivity contribution in [2.75, 3.05) is 31.1 Å². The van der Waals surface area contributed by atoms with Crippen molar-refractivity contribution < 1.29 is 14.2 Å². The minimum Gasteiger partial charge on any atom is -0.415 e. The first kappa shape index (κ1) is 19.4. The number of nitrogens with one attached hydrogen (secondary N) is 1. The molecule has 1 atom stereocenters. The van der Waals surface area contributed by atoms with Gasteiger partial charge in [-0.2, -0.15) is 0 Å². The fourth-order valence-electron chi connectivity index (χ4n) is 3.58. The van der Waals surface area contributed by atoms with Gasteiger partial charge in [-0.3, -0.25) is 10.1 Å². The number of nitro benzene ring substituents is 1. The Morgan fingerprint density at radius 1 is 1.17 bits per heavy atom. The van der Waals surface area contributed by atoms with E-state index in [1.165, 1.54) is 17.0 Å². The molecule has 9 heteroatoms. The summed E-state index contributed by atoms with van der Waals surface area (Å²) < 4.78 is 5.87. The first-order valence-electron chi connectivity index (χ1n) is 9.44. The highest BCUT2D eigenvalue weighted by atomic mass is 35.5. The van der Waals surface area contributed by atoms with Crippen LogP contribution in [0.2, 0.25) is 5.02 Å². The van der Waals surface area contributed by atoms with Gasteiger partial charge in [-0.1, -0.05) is 17.7 Å². The third-order valence-corrected chi connectivity index (χ3v) is 5.56. The molecule has 2 heterocycles. The number of halogens is 1. The number of nitro groups is 1. The average Bonchev–Trinajstić information content (AvgIpc) is 3.24. The van der Waals surface area contributed by atoms with Crippen molar-refractivity contribution in [2.24, 2.45) is 0 Å². The predicted molar refractivity (Wildman–Crippen MR) is 109 cm³/mol. The number of benzene rings is 2. The lowest BCUT2D eigenvalue weighted by molar-refractivity contribution is -0.931.